The third kappa shape index (κ3) is 4.33. The molecular formula is C7H16ClN3O. The molecule has 0 unspecified atom stereocenters. The van der Waals surface area contributed by atoms with Crippen molar-refractivity contribution in [2.24, 2.45) is 0 Å². The van der Waals surface area contributed by atoms with E-state index in [0.29, 0.717) is 0 Å². The number of nitrogens with one attached hydrogen (secondary N) is 1. The molecule has 0 fully saturated rings. The van der Waals surface area contributed by atoms with Crippen LogP contribution in [0.1, 0.15) is 5.56 Å². The molecule has 12 heavy (non-hydrogen) atoms. The molecule has 0 aromatic carbocycles. The van der Waals surface area contributed by atoms with Crippen LogP contribution in [0, 0.1) is 6.92 Å². The Morgan fingerprint density at radius 3 is 2.67 bits per heavy atom. The molecule has 0 aliphatic rings. The second kappa shape index (κ2) is 7.09. The van der Waals surface area contributed by atoms with Gasteiger partial charge in [0.1, 0.15) is 0 Å². The van der Waals surface area contributed by atoms with Gasteiger partial charge < -0.3 is 10.8 Å². The highest BCUT2D eigenvalue weighted by molar-refractivity contribution is 5.85. The van der Waals surface area contributed by atoms with Crippen molar-refractivity contribution in [1.29, 1.82) is 0 Å². The Morgan fingerprint density at radius 1 is 1.58 bits per heavy atom. The quantitative estimate of drug-likeness (QED) is 0.735. The molecule has 0 aliphatic heterocycles. The van der Waals surface area contributed by atoms with E-state index >= 15 is 0 Å². The van der Waals surface area contributed by atoms with Crippen molar-refractivity contribution in [3.8, 4) is 0 Å². The van der Waals surface area contributed by atoms with E-state index < -0.39 is 0 Å². The Labute approximate surface area is 78.7 Å². The third-order valence-electron chi connectivity index (χ3n) is 1.35. The fourth-order valence-electron chi connectivity index (χ4n) is 0.816. The summed E-state index contributed by atoms with van der Waals surface area (Å²) >= 11 is 0. The van der Waals surface area contributed by atoms with Gasteiger partial charge in [-0.2, -0.15) is 5.10 Å². The molecule has 1 aromatic rings. The zero-order valence-corrected chi connectivity index (χ0v) is 8.19. The second-order valence-electron chi connectivity index (χ2n) is 2.38. The normalized spacial score (nSPS) is 8.50. The van der Waals surface area contributed by atoms with Gasteiger partial charge in [-0.1, -0.05) is 0 Å². The predicted molar refractivity (Wildman–Crippen MR) is 51.8 cm³/mol. The molecule has 0 saturated heterocycles. The third-order valence-corrected chi connectivity index (χ3v) is 1.35. The van der Waals surface area contributed by atoms with E-state index in [1.807, 2.05) is 31.0 Å². The number of aryl methyl sites for hydroxylation is 1. The SMILES string of the molecule is CNCCn1cc(C)cn1.Cl.O. The van der Waals surface area contributed by atoms with Crippen molar-refractivity contribution >= 4 is 12.4 Å². The van der Waals surface area contributed by atoms with Crippen LogP contribution >= 0.6 is 12.4 Å². The first-order valence-corrected chi connectivity index (χ1v) is 3.46. The van der Waals surface area contributed by atoms with E-state index in [2.05, 4.69) is 10.4 Å². The highest BCUT2D eigenvalue weighted by atomic mass is 35.5. The first kappa shape index (κ1) is 14.0. The summed E-state index contributed by atoms with van der Waals surface area (Å²) in [7, 11) is 1.94. The lowest BCUT2D eigenvalue weighted by molar-refractivity contribution is 0.584. The zero-order valence-electron chi connectivity index (χ0n) is 7.37. The smallest absolute Gasteiger partial charge is 0.0533 e. The molecular weight excluding hydrogens is 178 g/mol. The number of aromatic nitrogens is 2. The Kier molecular flexibility index (Phi) is 8.26. The molecule has 5 heteroatoms. The van der Waals surface area contributed by atoms with Crippen LogP contribution in [-0.2, 0) is 6.54 Å². The lowest BCUT2D eigenvalue weighted by Gasteiger charge is -1.97. The number of likely N-dealkylation sites (N-methyl/N-ethyl adjacent to an activating group) is 1. The van der Waals surface area contributed by atoms with Crippen LogP contribution in [0.2, 0.25) is 0 Å². The van der Waals surface area contributed by atoms with Crippen molar-refractivity contribution in [3.63, 3.8) is 0 Å². The van der Waals surface area contributed by atoms with Crippen LogP contribution in [-0.4, -0.2) is 28.8 Å². The first-order chi connectivity index (χ1) is 4.83. The van der Waals surface area contributed by atoms with Gasteiger partial charge in [0.25, 0.3) is 0 Å². The van der Waals surface area contributed by atoms with Crippen molar-refractivity contribution in [3.05, 3.63) is 18.0 Å². The van der Waals surface area contributed by atoms with Crippen molar-refractivity contribution in [2.75, 3.05) is 13.6 Å². The zero-order chi connectivity index (χ0) is 7.40. The largest absolute Gasteiger partial charge is 0.412 e. The minimum atomic E-state index is 0. The summed E-state index contributed by atoms with van der Waals surface area (Å²) in [5.74, 6) is 0. The summed E-state index contributed by atoms with van der Waals surface area (Å²) in [5.41, 5.74) is 1.22. The highest BCUT2D eigenvalue weighted by Gasteiger charge is 1.90. The maximum Gasteiger partial charge on any atom is 0.0533 e. The molecule has 0 bridgehead atoms. The lowest BCUT2D eigenvalue weighted by Crippen LogP contribution is -2.14. The van der Waals surface area contributed by atoms with Gasteiger partial charge in [-0.05, 0) is 19.5 Å². The molecule has 1 aromatic heterocycles. The van der Waals surface area contributed by atoms with Crippen molar-refractivity contribution in [1.82, 2.24) is 15.1 Å². The van der Waals surface area contributed by atoms with Crippen LogP contribution in [0.5, 0.6) is 0 Å². The van der Waals surface area contributed by atoms with Crippen molar-refractivity contribution < 1.29 is 5.48 Å². The topological polar surface area (TPSA) is 61.4 Å². The minimum Gasteiger partial charge on any atom is -0.412 e. The Balaban J connectivity index is 0. The molecule has 0 radical (unpaired) electrons. The summed E-state index contributed by atoms with van der Waals surface area (Å²) in [6.45, 7) is 3.97. The average Bonchev–Trinajstić information content (AvgIpc) is 2.31. The maximum absolute atomic E-state index is 4.13. The summed E-state index contributed by atoms with van der Waals surface area (Å²) < 4.78 is 1.94. The van der Waals surface area contributed by atoms with E-state index in [1.54, 1.807) is 0 Å². The molecule has 3 N–H and O–H groups in total. The lowest BCUT2D eigenvalue weighted by atomic mass is 10.4. The predicted octanol–water partition coefficient (Wildman–Crippen LogP) is 0.00802. The fourth-order valence-corrected chi connectivity index (χ4v) is 0.816. The van der Waals surface area contributed by atoms with E-state index in [0.717, 1.165) is 13.1 Å². The minimum absolute atomic E-state index is 0. The van der Waals surface area contributed by atoms with E-state index in [4.69, 9.17) is 0 Å². The molecule has 72 valence electrons. The number of hydrogen-bond donors (Lipinski definition) is 1. The monoisotopic (exact) mass is 193 g/mol. The van der Waals surface area contributed by atoms with Gasteiger partial charge in [-0.25, -0.2) is 0 Å². The van der Waals surface area contributed by atoms with Gasteiger partial charge in [0.15, 0.2) is 0 Å². The summed E-state index contributed by atoms with van der Waals surface area (Å²) in [6.07, 6.45) is 3.91. The van der Waals surface area contributed by atoms with E-state index in [1.165, 1.54) is 5.56 Å². The molecule has 4 nitrogen and oxygen atoms in total. The first-order valence-electron chi connectivity index (χ1n) is 3.46. The number of hydrogen-bond acceptors (Lipinski definition) is 2. The maximum atomic E-state index is 4.13. The van der Waals surface area contributed by atoms with Gasteiger partial charge in [-0.3, -0.25) is 4.68 Å². The standard InChI is InChI=1S/C7H13N3.ClH.H2O/c1-7-5-9-10(6-7)4-3-8-2;;/h5-6,8H,3-4H2,1-2H3;1H;1H2. The second-order valence-corrected chi connectivity index (χ2v) is 2.38. The molecule has 0 amide bonds. The Hall–Kier alpha value is -0.580. The fraction of sp³-hybridized carbons (Fsp3) is 0.571. The Bertz CT molecular complexity index is 202. The molecule has 0 saturated carbocycles. The molecule has 0 atom stereocenters. The van der Waals surface area contributed by atoms with Gasteiger partial charge in [0, 0.05) is 12.7 Å². The molecule has 1 rings (SSSR count). The average molecular weight is 194 g/mol. The van der Waals surface area contributed by atoms with Gasteiger partial charge in [0.05, 0.1) is 12.7 Å². The highest BCUT2D eigenvalue weighted by Crippen LogP contribution is 1.92. The van der Waals surface area contributed by atoms with Crippen LogP contribution in [0.3, 0.4) is 0 Å². The van der Waals surface area contributed by atoms with Crippen LogP contribution < -0.4 is 5.32 Å². The summed E-state index contributed by atoms with van der Waals surface area (Å²) in [5, 5.41) is 7.19. The van der Waals surface area contributed by atoms with Crippen LogP contribution in [0.15, 0.2) is 12.4 Å². The van der Waals surface area contributed by atoms with Gasteiger partial charge in [0.2, 0.25) is 0 Å². The number of nitrogens with zero attached hydrogens (tertiary/aromatic N) is 2. The van der Waals surface area contributed by atoms with Gasteiger partial charge in [-0.15, -0.1) is 12.4 Å². The molecule has 0 spiro atoms. The van der Waals surface area contributed by atoms with E-state index in [-0.39, 0.29) is 17.9 Å². The van der Waals surface area contributed by atoms with Crippen LogP contribution in [0.4, 0.5) is 0 Å². The van der Waals surface area contributed by atoms with Crippen LogP contribution in [0.25, 0.3) is 0 Å². The molecule has 0 aliphatic carbocycles. The van der Waals surface area contributed by atoms with Gasteiger partial charge >= 0.3 is 0 Å². The Morgan fingerprint density at radius 2 is 2.25 bits per heavy atom. The van der Waals surface area contributed by atoms with E-state index in [9.17, 15) is 0 Å². The summed E-state index contributed by atoms with van der Waals surface area (Å²) in [6, 6.07) is 0. The number of rotatable bonds is 3. The number of halogens is 1. The molecule has 1 heterocycles. The van der Waals surface area contributed by atoms with Crippen molar-refractivity contribution in [2.45, 2.75) is 13.5 Å². The summed E-state index contributed by atoms with van der Waals surface area (Å²) in [4.78, 5) is 0.